The van der Waals surface area contributed by atoms with Crippen LogP contribution in [0.1, 0.15) is 17.4 Å². The van der Waals surface area contributed by atoms with Crippen LogP contribution in [-0.4, -0.2) is 46.4 Å². The van der Waals surface area contributed by atoms with E-state index in [0.717, 1.165) is 5.56 Å². The molecular weight excluding hydrogens is 286 g/mol. The van der Waals surface area contributed by atoms with Gasteiger partial charge in [-0.3, -0.25) is 9.89 Å². The molecule has 116 valence electrons. The van der Waals surface area contributed by atoms with Crippen LogP contribution in [0.2, 0.25) is 0 Å². The highest BCUT2D eigenvalue weighted by Gasteiger charge is 2.35. The van der Waals surface area contributed by atoms with E-state index in [4.69, 9.17) is 4.74 Å². The van der Waals surface area contributed by atoms with Crippen molar-refractivity contribution in [3.8, 4) is 11.3 Å². The van der Waals surface area contributed by atoms with Crippen molar-refractivity contribution in [2.45, 2.75) is 12.5 Å². The lowest BCUT2D eigenvalue weighted by molar-refractivity contribution is -0.145. The third kappa shape index (κ3) is 3.32. The average Bonchev–Trinajstić information content (AvgIpc) is 2.98. The maximum absolute atomic E-state index is 12.2. The Balaban J connectivity index is 2.17. The Morgan fingerprint density at radius 3 is 2.64 bits per heavy atom. The number of amides is 1. The van der Waals surface area contributed by atoms with Crippen molar-refractivity contribution >= 4 is 11.9 Å². The summed E-state index contributed by atoms with van der Waals surface area (Å²) < 4.78 is 4.86. The van der Waals surface area contributed by atoms with Crippen LogP contribution >= 0.6 is 0 Å². The van der Waals surface area contributed by atoms with Gasteiger partial charge in [0.25, 0.3) is 5.91 Å². The van der Waals surface area contributed by atoms with Crippen molar-refractivity contribution in [1.29, 1.82) is 0 Å². The van der Waals surface area contributed by atoms with Crippen molar-refractivity contribution in [3.63, 3.8) is 0 Å². The van der Waals surface area contributed by atoms with Gasteiger partial charge in [-0.1, -0.05) is 30.3 Å². The van der Waals surface area contributed by atoms with Gasteiger partial charge in [0.05, 0.1) is 12.3 Å². The third-order valence-electron chi connectivity index (χ3n) is 3.19. The van der Waals surface area contributed by atoms with E-state index in [9.17, 15) is 14.7 Å². The first-order valence-electron chi connectivity index (χ1n) is 6.62. The lowest BCUT2D eigenvalue weighted by Gasteiger charge is -2.24. The molecule has 3 N–H and O–H groups in total. The number of nitrogens with zero attached hydrogens (tertiary/aromatic N) is 1. The van der Waals surface area contributed by atoms with Gasteiger partial charge < -0.3 is 15.2 Å². The summed E-state index contributed by atoms with van der Waals surface area (Å²) in [7, 11) is 1.37. The highest BCUT2D eigenvalue weighted by Crippen LogP contribution is 2.17. The van der Waals surface area contributed by atoms with Crippen LogP contribution in [0, 0.1) is 0 Å². The van der Waals surface area contributed by atoms with E-state index in [0.29, 0.717) is 5.69 Å². The fourth-order valence-electron chi connectivity index (χ4n) is 1.95. The van der Waals surface area contributed by atoms with E-state index in [-0.39, 0.29) is 12.3 Å². The summed E-state index contributed by atoms with van der Waals surface area (Å²) in [6.07, 6.45) is 0. The molecule has 2 aromatic rings. The van der Waals surface area contributed by atoms with Gasteiger partial charge in [-0.05, 0) is 13.0 Å². The Morgan fingerprint density at radius 2 is 2.05 bits per heavy atom. The molecule has 1 unspecified atom stereocenters. The van der Waals surface area contributed by atoms with Crippen LogP contribution in [0.15, 0.2) is 36.4 Å². The van der Waals surface area contributed by atoms with Crippen LogP contribution in [0.4, 0.5) is 0 Å². The van der Waals surface area contributed by atoms with E-state index in [2.05, 4.69) is 15.5 Å². The molecule has 0 fully saturated rings. The van der Waals surface area contributed by atoms with E-state index >= 15 is 0 Å². The number of nitrogens with one attached hydrogen (secondary N) is 2. The van der Waals surface area contributed by atoms with Gasteiger partial charge in [-0.2, -0.15) is 5.10 Å². The van der Waals surface area contributed by atoms with E-state index in [1.165, 1.54) is 14.0 Å². The topological polar surface area (TPSA) is 104 Å². The minimum absolute atomic E-state index is 0.145. The Labute approximate surface area is 127 Å². The van der Waals surface area contributed by atoms with Gasteiger partial charge in [0.15, 0.2) is 5.54 Å². The third-order valence-corrected chi connectivity index (χ3v) is 3.19. The summed E-state index contributed by atoms with van der Waals surface area (Å²) >= 11 is 0. The fourth-order valence-corrected chi connectivity index (χ4v) is 1.95. The Morgan fingerprint density at radius 1 is 1.36 bits per heavy atom. The summed E-state index contributed by atoms with van der Waals surface area (Å²) in [6.45, 7) is 1.24. The Kier molecular flexibility index (Phi) is 4.57. The van der Waals surface area contributed by atoms with Crippen molar-refractivity contribution in [2.75, 3.05) is 13.7 Å². The number of aromatic amines is 1. The molecule has 0 radical (unpaired) electrons. The summed E-state index contributed by atoms with van der Waals surface area (Å²) in [5, 5.41) is 18.3. The number of carboxylic acid groups (broad SMARTS) is 1. The van der Waals surface area contributed by atoms with Gasteiger partial charge in [0, 0.05) is 12.7 Å². The first-order chi connectivity index (χ1) is 10.5. The molecule has 0 aliphatic carbocycles. The van der Waals surface area contributed by atoms with Crippen LogP contribution in [0.3, 0.4) is 0 Å². The number of H-pyrrole nitrogens is 1. The van der Waals surface area contributed by atoms with Crippen molar-refractivity contribution in [2.24, 2.45) is 0 Å². The first kappa shape index (κ1) is 15.7. The molecule has 1 aromatic heterocycles. The number of carbonyl (C=O) groups is 2. The van der Waals surface area contributed by atoms with Crippen molar-refractivity contribution in [3.05, 3.63) is 42.1 Å². The molecule has 0 saturated heterocycles. The molecular formula is C15H17N3O4. The van der Waals surface area contributed by atoms with Gasteiger partial charge in [-0.25, -0.2) is 4.79 Å². The van der Waals surface area contributed by atoms with E-state index in [1.54, 1.807) is 6.07 Å². The van der Waals surface area contributed by atoms with Crippen molar-refractivity contribution in [1.82, 2.24) is 15.5 Å². The highest BCUT2D eigenvalue weighted by atomic mass is 16.5. The number of methoxy groups -OCH3 is 1. The maximum Gasteiger partial charge on any atom is 0.331 e. The molecule has 0 saturated carbocycles. The molecule has 7 nitrogen and oxygen atoms in total. The zero-order valence-corrected chi connectivity index (χ0v) is 12.3. The number of hydrogen-bond donors (Lipinski definition) is 3. The molecule has 22 heavy (non-hydrogen) atoms. The Hall–Kier alpha value is -2.67. The van der Waals surface area contributed by atoms with Gasteiger partial charge in [0.2, 0.25) is 0 Å². The quantitative estimate of drug-likeness (QED) is 0.746. The normalized spacial score (nSPS) is 13.4. The van der Waals surface area contributed by atoms with E-state index in [1.807, 2.05) is 30.3 Å². The smallest absolute Gasteiger partial charge is 0.331 e. The summed E-state index contributed by atoms with van der Waals surface area (Å²) in [5.41, 5.74) is 0.136. The minimum atomic E-state index is -1.51. The number of aromatic nitrogens is 2. The summed E-state index contributed by atoms with van der Waals surface area (Å²) in [5.74, 6) is -1.73. The largest absolute Gasteiger partial charge is 0.479 e. The number of carboxylic acids is 1. The lowest BCUT2D eigenvalue weighted by atomic mass is 10.0. The second-order valence-electron chi connectivity index (χ2n) is 5.06. The predicted molar refractivity (Wildman–Crippen MR) is 79.4 cm³/mol. The molecule has 0 bridgehead atoms. The average molecular weight is 303 g/mol. The minimum Gasteiger partial charge on any atom is -0.479 e. The van der Waals surface area contributed by atoms with Crippen molar-refractivity contribution < 1.29 is 19.4 Å². The van der Waals surface area contributed by atoms with Crippen LogP contribution < -0.4 is 5.32 Å². The number of carbonyl (C=O) groups excluding carboxylic acids is 1. The molecule has 0 aliphatic heterocycles. The zero-order valence-electron chi connectivity index (χ0n) is 12.3. The SMILES string of the molecule is COCC(C)(NC(=O)c1cc(-c2ccccc2)n[nH]1)C(=O)O. The number of ether oxygens (including phenoxy) is 1. The second kappa shape index (κ2) is 6.40. The van der Waals surface area contributed by atoms with Crippen LogP contribution in [0.5, 0.6) is 0 Å². The van der Waals surface area contributed by atoms with Gasteiger partial charge >= 0.3 is 5.97 Å². The monoisotopic (exact) mass is 303 g/mol. The maximum atomic E-state index is 12.2. The number of benzene rings is 1. The van der Waals surface area contributed by atoms with Gasteiger partial charge in [-0.15, -0.1) is 0 Å². The Bertz CT molecular complexity index is 668. The molecule has 0 aliphatic rings. The molecule has 1 atom stereocenters. The molecule has 1 aromatic carbocycles. The summed E-state index contributed by atoms with van der Waals surface area (Å²) in [6, 6.07) is 10.9. The van der Waals surface area contributed by atoms with E-state index < -0.39 is 17.4 Å². The molecule has 2 rings (SSSR count). The standard InChI is InChI=1S/C15H17N3O4/c1-15(9-22-2,14(20)21)16-13(19)12-8-11(17-18-12)10-6-4-3-5-7-10/h3-8H,9H2,1-2H3,(H,16,19)(H,17,18)(H,20,21). The van der Waals surface area contributed by atoms with Gasteiger partial charge in [0.1, 0.15) is 5.69 Å². The zero-order chi connectivity index (χ0) is 16.2. The van der Waals surface area contributed by atoms with Crippen LogP contribution in [-0.2, 0) is 9.53 Å². The predicted octanol–water partition coefficient (Wildman–Crippen LogP) is 1.30. The molecule has 1 amide bonds. The first-order valence-corrected chi connectivity index (χ1v) is 6.62. The second-order valence-corrected chi connectivity index (χ2v) is 5.06. The summed E-state index contributed by atoms with van der Waals surface area (Å²) in [4.78, 5) is 23.5. The molecule has 0 spiro atoms. The van der Waals surface area contributed by atoms with Crippen LogP contribution in [0.25, 0.3) is 11.3 Å². The number of rotatable bonds is 6. The molecule has 7 heteroatoms. The number of aliphatic carboxylic acids is 1. The fraction of sp³-hybridized carbons (Fsp3) is 0.267. The molecule has 1 heterocycles. The lowest BCUT2D eigenvalue weighted by Crippen LogP contribution is -2.55. The highest BCUT2D eigenvalue weighted by molar-refractivity contribution is 5.97. The number of hydrogen-bond acceptors (Lipinski definition) is 4.